The number of carbonyl (C=O) groups is 1. The predicted octanol–water partition coefficient (Wildman–Crippen LogP) is 5.05. The number of ether oxygens (including phenoxy) is 1. The average Bonchev–Trinajstić information content (AvgIpc) is 2.46. The Morgan fingerprint density at radius 3 is 2.48 bits per heavy atom. The second kappa shape index (κ2) is 7.55. The molecule has 0 saturated carbocycles. The van der Waals surface area contributed by atoms with E-state index in [9.17, 15) is 4.79 Å². The molecule has 0 bridgehead atoms. The zero-order valence-electron chi connectivity index (χ0n) is 10.9. The highest BCUT2D eigenvalue weighted by Crippen LogP contribution is 2.29. The predicted molar refractivity (Wildman–Crippen MR) is 86.7 cm³/mol. The Kier molecular flexibility index (Phi) is 5.74. The van der Waals surface area contributed by atoms with Gasteiger partial charge in [-0.05, 0) is 36.4 Å². The van der Waals surface area contributed by atoms with Gasteiger partial charge >= 0.3 is 0 Å². The molecule has 0 aliphatic rings. The SMILES string of the molecule is O=C(CCOc1ccc(Cl)cc1)Nc1cccc(Cl)c1Cl. The minimum absolute atomic E-state index is 0.200. The second-order valence-electron chi connectivity index (χ2n) is 4.20. The standard InChI is InChI=1S/C15H12Cl3NO2/c16-10-4-6-11(7-5-10)21-9-8-14(20)19-13-3-1-2-12(17)15(13)18/h1-7H,8-9H2,(H,19,20). The van der Waals surface area contributed by atoms with Gasteiger partial charge in [0, 0.05) is 5.02 Å². The van der Waals surface area contributed by atoms with Crippen LogP contribution in [0.1, 0.15) is 6.42 Å². The highest BCUT2D eigenvalue weighted by Gasteiger charge is 2.08. The number of hydrogen-bond acceptors (Lipinski definition) is 2. The van der Waals surface area contributed by atoms with E-state index >= 15 is 0 Å². The first-order valence-electron chi connectivity index (χ1n) is 6.18. The summed E-state index contributed by atoms with van der Waals surface area (Å²) >= 11 is 17.6. The number of benzene rings is 2. The van der Waals surface area contributed by atoms with Crippen molar-refractivity contribution in [1.29, 1.82) is 0 Å². The van der Waals surface area contributed by atoms with Gasteiger partial charge in [0.25, 0.3) is 0 Å². The van der Waals surface area contributed by atoms with Gasteiger partial charge in [-0.15, -0.1) is 0 Å². The number of amides is 1. The summed E-state index contributed by atoms with van der Waals surface area (Å²) in [5, 5.41) is 4.05. The van der Waals surface area contributed by atoms with Crippen LogP contribution < -0.4 is 10.1 Å². The lowest BCUT2D eigenvalue weighted by atomic mass is 10.3. The quantitative estimate of drug-likeness (QED) is 0.824. The van der Waals surface area contributed by atoms with Crippen LogP contribution in [0.5, 0.6) is 5.75 Å². The Morgan fingerprint density at radius 1 is 1.05 bits per heavy atom. The number of rotatable bonds is 5. The summed E-state index contributed by atoms with van der Waals surface area (Å²) in [6.07, 6.45) is 0.200. The molecule has 0 aromatic heterocycles. The molecule has 2 aromatic carbocycles. The molecule has 0 radical (unpaired) electrons. The lowest BCUT2D eigenvalue weighted by Gasteiger charge is -2.09. The van der Waals surface area contributed by atoms with E-state index in [0.717, 1.165) is 0 Å². The molecule has 0 aliphatic heterocycles. The summed E-state index contributed by atoms with van der Waals surface area (Å²) < 4.78 is 5.44. The average molecular weight is 345 g/mol. The normalized spacial score (nSPS) is 10.2. The van der Waals surface area contributed by atoms with Crippen molar-refractivity contribution in [2.24, 2.45) is 0 Å². The Morgan fingerprint density at radius 2 is 1.76 bits per heavy atom. The first-order chi connectivity index (χ1) is 10.1. The van der Waals surface area contributed by atoms with Crippen molar-refractivity contribution in [3.63, 3.8) is 0 Å². The maximum atomic E-state index is 11.8. The van der Waals surface area contributed by atoms with Crippen LogP contribution in [0.3, 0.4) is 0 Å². The van der Waals surface area contributed by atoms with Gasteiger partial charge in [-0.25, -0.2) is 0 Å². The van der Waals surface area contributed by atoms with E-state index in [2.05, 4.69) is 5.32 Å². The number of halogens is 3. The van der Waals surface area contributed by atoms with Crippen molar-refractivity contribution < 1.29 is 9.53 Å². The molecule has 3 nitrogen and oxygen atoms in total. The monoisotopic (exact) mass is 343 g/mol. The van der Waals surface area contributed by atoms with Crippen molar-refractivity contribution in [1.82, 2.24) is 0 Å². The van der Waals surface area contributed by atoms with Crippen LogP contribution in [0.4, 0.5) is 5.69 Å². The van der Waals surface area contributed by atoms with Gasteiger partial charge in [0.1, 0.15) is 5.75 Å². The van der Waals surface area contributed by atoms with Crippen molar-refractivity contribution in [2.75, 3.05) is 11.9 Å². The van der Waals surface area contributed by atoms with E-state index in [0.29, 0.717) is 26.5 Å². The molecule has 6 heteroatoms. The molecule has 0 saturated heterocycles. The maximum absolute atomic E-state index is 11.8. The van der Waals surface area contributed by atoms with Crippen molar-refractivity contribution in [2.45, 2.75) is 6.42 Å². The summed E-state index contributed by atoms with van der Waals surface area (Å²) in [4.78, 5) is 11.8. The Balaban J connectivity index is 1.82. The van der Waals surface area contributed by atoms with Crippen LogP contribution in [0.25, 0.3) is 0 Å². The minimum atomic E-state index is -0.201. The summed E-state index contributed by atoms with van der Waals surface area (Å²) in [5.74, 6) is 0.459. The highest BCUT2D eigenvalue weighted by atomic mass is 35.5. The Labute approximate surface area is 137 Å². The maximum Gasteiger partial charge on any atom is 0.227 e. The van der Waals surface area contributed by atoms with Gasteiger partial charge in [-0.3, -0.25) is 4.79 Å². The van der Waals surface area contributed by atoms with Gasteiger partial charge in [0.15, 0.2) is 0 Å². The second-order valence-corrected chi connectivity index (χ2v) is 5.42. The van der Waals surface area contributed by atoms with Crippen LogP contribution in [-0.2, 0) is 4.79 Å². The summed E-state index contributed by atoms with van der Waals surface area (Å²) in [5.41, 5.74) is 0.487. The first kappa shape index (κ1) is 16.0. The van der Waals surface area contributed by atoms with Gasteiger partial charge in [-0.1, -0.05) is 40.9 Å². The van der Waals surface area contributed by atoms with Gasteiger partial charge in [0.05, 0.1) is 28.8 Å². The zero-order chi connectivity index (χ0) is 15.2. The van der Waals surface area contributed by atoms with E-state index < -0.39 is 0 Å². The molecule has 110 valence electrons. The highest BCUT2D eigenvalue weighted by molar-refractivity contribution is 6.43. The van der Waals surface area contributed by atoms with E-state index in [1.807, 2.05) is 0 Å². The largest absolute Gasteiger partial charge is 0.493 e. The van der Waals surface area contributed by atoms with Crippen molar-refractivity contribution in [3.05, 3.63) is 57.5 Å². The smallest absolute Gasteiger partial charge is 0.227 e. The molecule has 0 heterocycles. The molecule has 21 heavy (non-hydrogen) atoms. The topological polar surface area (TPSA) is 38.3 Å². The molecule has 1 amide bonds. The molecular formula is C15H12Cl3NO2. The molecule has 2 aromatic rings. The van der Waals surface area contributed by atoms with Crippen molar-refractivity contribution >= 4 is 46.4 Å². The third kappa shape index (κ3) is 4.81. The third-order valence-corrected chi connectivity index (χ3v) is 3.71. The summed E-state index contributed by atoms with van der Waals surface area (Å²) in [6, 6.07) is 12.0. The first-order valence-corrected chi connectivity index (χ1v) is 7.32. The Hall–Kier alpha value is -1.42. The minimum Gasteiger partial charge on any atom is -0.493 e. The van der Waals surface area contributed by atoms with Gasteiger partial charge in [0.2, 0.25) is 5.91 Å². The van der Waals surface area contributed by atoms with Crippen LogP contribution in [0.2, 0.25) is 15.1 Å². The van der Waals surface area contributed by atoms with Crippen LogP contribution in [0.15, 0.2) is 42.5 Å². The molecule has 0 aliphatic carbocycles. The summed E-state index contributed by atoms with van der Waals surface area (Å²) in [6.45, 7) is 0.256. The van der Waals surface area contributed by atoms with E-state index in [4.69, 9.17) is 39.5 Å². The van der Waals surface area contributed by atoms with Crippen LogP contribution >= 0.6 is 34.8 Å². The molecule has 0 unspecified atom stereocenters. The van der Waals surface area contributed by atoms with E-state index in [-0.39, 0.29) is 18.9 Å². The Bertz CT molecular complexity index is 629. The van der Waals surface area contributed by atoms with E-state index in [1.165, 1.54) is 0 Å². The molecule has 0 fully saturated rings. The molecule has 0 atom stereocenters. The van der Waals surface area contributed by atoms with Gasteiger partial charge in [-0.2, -0.15) is 0 Å². The lowest BCUT2D eigenvalue weighted by molar-refractivity contribution is -0.116. The fourth-order valence-electron chi connectivity index (χ4n) is 1.61. The fourth-order valence-corrected chi connectivity index (χ4v) is 2.08. The van der Waals surface area contributed by atoms with Crippen molar-refractivity contribution in [3.8, 4) is 5.75 Å². The summed E-state index contributed by atoms with van der Waals surface area (Å²) in [7, 11) is 0. The van der Waals surface area contributed by atoms with E-state index in [1.54, 1.807) is 42.5 Å². The van der Waals surface area contributed by atoms with Crippen LogP contribution in [0, 0.1) is 0 Å². The number of carbonyl (C=O) groups excluding carboxylic acids is 1. The molecular weight excluding hydrogens is 333 g/mol. The van der Waals surface area contributed by atoms with Crippen LogP contribution in [-0.4, -0.2) is 12.5 Å². The molecule has 2 rings (SSSR count). The third-order valence-electron chi connectivity index (χ3n) is 2.64. The number of nitrogens with one attached hydrogen (secondary N) is 1. The number of hydrogen-bond donors (Lipinski definition) is 1. The molecule has 0 spiro atoms. The lowest BCUT2D eigenvalue weighted by Crippen LogP contribution is -2.15. The number of anilines is 1. The van der Waals surface area contributed by atoms with Gasteiger partial charge < -0.3 is 10.1 Å². The fraction of sp³-hybridized carbons (Fsp3) is 0.133. The molecule has 1 N–H and O–H groups in total. The zero-order valence-corrected chi connectivity index (χ0v) is 13.2.